The second-order valence-electron chi connectivity index (χ2n) is 3.44. The summed E-state index contributed by atoms with van der Waals surface area (Å²) in [5, 5.41) is 0. The van der Waals surface area contributed by atoms with E-state index in [1.165, 1.54) is 4.90 Å². The standard InChI is InChI=1S/C11H11N3O2/c12-13-11(16)9-5-8-3-1-2-4-10(8)14(6-9)7-15/h1-5,7H,6,12H2,(H,13,16). The number of anilines is 1. The van der Waals surface area contributed by atoms with Crippen LogP contribution in [-0.2, 0) is 9.59 Å². The highest BCUT2D eigenvalue weighted by Gasteiger charge is 2.20. The molecule has 0 fully saturated rings. The average molecular weight is 217 g/mol. The summed E-state index contributed by atoms with van der Waals surface area (Å²) in [7, 11) is 0. The van der Waals surface area contributed by atoms with Gasteiger partial charge in [-0.05, 0) is 17.7 Å². The molecule has 0 spiro atoms. The molecule has 2 rings (SSSR count). The molecule has 3 N–H and O–H groups in total. The maximum absolute atomic E-state index is 11.4. The Bertz CT molecular complexity index is 468. The van der Waals surface area contributed by atoms with E-state index in [-0.39, 0.29) is 12.5 Å². The number of nitrogens with two attached hydrogens (primary N) is 1. The van der Waals surface area contributed by atoms with E-state index in [4.69, 9.17) is 5.84 Å². The van der Waals surface area contributed by atoms with Crippen LogP contribution in [0.2, 0.25) is 0 Å². The van der Waals surface area contributed by atoms with Crippen LogP contribution in [0.3, 0.4) is 0 Å². The lowest BCUT2D eigenvalue weighted by molar-refractivity contribution is -0.117. The molecule has 0 unspecified atom stereocenters. The van der Waals surface area contributed by atoms with E-state index in [0.717, 1.165) is 11.3 Å². The first kappa shape index (κ1) is 10.4. The van der Waals surface area contributed by atoms with Gasteiger partial charge in [-0.2, -0.15) is 0 Å². The summed E-state index contributed by atoms with van der Waals surface area (Å²) < 4.78 is 0. The van der Waals surface area contributed by atoms with Crippen LogP contribution >= 0.6 is 0 Å². The number of hydrogen-bond donors (Lipinski definition) is 2. The summed E-state index contributed by atoms with van der Waals surface area (Å²) in [5.41, 5.74) is 4.16. The van der Waals surface area contributed by atoms with Gasteiger partial charge in [-0.1, -0.05) is 18.2 Å². The normalized spacial score (nSPS) is 13.8. The minimum atomic E-state index is -0.374. The Balaban J connectivity index is 2.46. The van der Waals surface area contributed by atoms with Crippen molar-refractivity contribution in [3.05, 3.63) is 35.4 Å². The van der Waals surface area contributed by atoms with Gasteiger partial charge in [0.25, 0.3) is 5.91 Å². The zero-order valence-electron chi connectivity index (χ0n) is 8.51. The Morgan fingerprint density at radius 2 is 2.19 bits per heavy atom. The van der Waals surface area contributed by atoms with E-state index in [1.807, 2.05) is 24.3 Å². The highest BCUT2D eigenvalue weighted by atomic mass is 16.2. The molecule has 5 heteroatoms. The molecule has 1 aromatic rings. The first-order valence-corrected chi connectivity index (χ1v) is 4.78. The largest absolute Gasteiger partial charge is 0.310 e. The fraction of sp³-hybridized carbons (Fsp3) is 0.0909. The Labute approximate surface area is 92.5 Å². The van der Waals surface area contributed by atoms with E-state index < -0.39 is 0 Å². The summed E-state index contributed by atoms with van der Waals surface area (Å²) in [6, 6.07) is 7.37. The van der Waals surface area contributed by atoms with E-state index in [9.17, 15) is 9.59 Å². The number of amides is 2. The number of nitrogens with one attached hydrogen (secondary N) is 1. The van der Waals surface area contributed by atoms with Crippen molar-refractivity contribution < 1.29 is 9.59 Å². The third-order valence-corrected chi connectivity index (χ3v) is 2.47. The number of hydrogen-bond acceptors (Lipinski definition) is 3. The lowest BCUT2D eigenvalue weighted by Crippen LogP contribution is -2.37. The minimum Gasteiger partial charge on any atom is -0.310 e. The smallest absolute Gasteiger partial charge is 0.262 e. The summed E-state index contributed by atoms with van der Waals surface area (Å²) in [6.45, 7) is 0.240. The van der Waals surface area contributed by atoms with Gasteiger partial charge in [0.15, 0.2) is 0 Å². The van der Waals surface area contributed by atoms with E-state index in [2.05, 4.69) is 5.43 Å². The summed E-state index contributed by atoms with van der Waals surface area (Å²) in [6.07, 6.45) is 2.44. The highest BCUT2D eigenvalue weighted by molar-refractivity contribution is 6.02. The molecular formula is C11H11N3O2. The fourth-order valence-electron chi connectivity index (χ4n) is 1.70. The van der Waals surface area contributed by atoms with Crippen LogP contribution in [-0.4, -0.2) is 18.9 Å². The molecule has 2 amide bonds. The molecule has 0 radical (unpaired) electrons. The molecule has 82 valence electrons. The SMILES string of the molecule is NNC(=O)C1=Cc2ccccc2N(C=O)C1. The number of rotatable bonds is 2. The molecular weight excluding hydrogens is 206 g/mol. The molecule has 0 bridgehead atoms. The van der Waals surface area contributed by atoms with Crippen LogP contribution in [0.25, 0.3) is 6.08 Å². The number of nitrogens with zero attached hydrogens (tertiary/aromatic N) is 1. The Morgan fingerprint density at radius 1 is 1.44 bits per heavy atom. The fourth-order valence-corrected chi connectivity index (χ4v) is 1.70. The highest BCUT2D eigenvalue weighted by Crippen LogP contribution is 2.27. The van der Waals surface area contributed by atoms with Gasteiger partial charge in [0.1, 0.15) is 0 Å². The van der Waals surface area contributed by atoms with Crippen molar-refractivity contribution in [2.24, 2.45) is 5.84 Å². The molecule has 0 atom stereocenters. The Morgan fingerprint density at radius 3 is 2.88 bits per heavy atom. The molecule has 1 aromatic carbocycles. The zero-order valence-corrected chi connectivity index (χ0v) is 8.51. The predicted molar refractivity (Wildman–Crippen MR) is 60.2 cm³/mol. The van der Waals surface area contributed by atoms with Crippen LogP contribution in [0.15, 0.2) is 29.8 Å². The van der Waals surface area contributed by atoms with Crippen molar-refractivity contribution in [2.75, 3.05) is 11.4 Å². The van der Waals surface area contributed by atoms with Crippen molar-refractivity contribution in [3.63, 3.8) is 0 Å². The molecule has 5 nitrogen and oxygen atoms in total. The summed E-state index contributed by atoms with van der Waals surface area (Å²) >= 11 is 0. The number of carbonyl (C=O) groups excluding carboxylic acids is 2. The van der Waals surface area contributed by atoms with Gasteiger partial charge in [0.2, 0.25) is 6.41 Å². The molecule has 0 aliphatic carbocycles. The Hall–Kier alpha value is -2.14. The zero-order chi connectivity index (χ0) is 11.5. The molecule has 0 saturated carbocycles. The molecule has 1 aliphatic rings. The topological polar surface area (TPSA) is 75.4 Å². The summed E-state index contributed by atoms with van der Waals surface area (Å²) in [5.74, 6) is 4.69. The molecule has 16 heavy (non-hydrogen) atoms. The first-order chi connectivity index (χ1) is 7.76. The third kappa shape index (κ3) is 1.68. The molecule has 0 saturated heterocycles. The number of para-hydroxylation sites is 1. The van der Waals surface area contributed by atoms with Gasteiger partial charge in [-0.25, -0.2) is 5.84 Å². The van der Waals surface area contributed by atoms with Gasteiger partial charge in [0.05, 0.1) is 12.2 Å². The minimum absolute atomic E-state index is 0.240. The maximum Gasteiger partial charge on any atom is 0.262 e. The maximum atomic E-state index is 11.4. The van der Waals surface area contributed by atoms with Crippen LogP contribution in [0, 0.1) is 0 Å². The van der Waals surface area contributed by atoms with Crippen LogP contribution in [0.5, 0.6) is 0 Å². The van der Waals surface area contributed by atoms with Crippen LogP contribution in [0.4, 0.5) is 5.69 Å². The molecule has 0 aromatic heterocycles. The number of benzene rings is 1. The van der Waals surface area contributed by atoms with Crippen molar-refractivity contribution >= 4 is 24.1 Å². The van der Waals surface area contributed by atoms with E-state index in [0.29, 0.717) is 12.0 Å². The second kappa shape index (κ2) is 4.16. The second-order valence-corrected chi connectivity index (χ2v) is 3.44. The quantitative estimate of drug-likeness (QED) is 0.318. The van der Waals surface area contributed by atoms with Gasteiger partial charge < -0.3 is 4.90 Å². The van der Waals surface area contributed by atoms with Gasteiger partial charge in [0, 0.05) is 5.57 Å². The van der Waals surface area contributed by atoms with Crippen LogP contribution < -0.4 is 16.2 Å². The van der Waals surface area contributed by atoms with Crippen molar-refractivity contribution in [3.8, 4) is 0 Å². The van der Waals surface area contributed by atoms with E-state index >= 15 is 0 Å². The number of hydrazine groups is 1. The lowest BCUT2D eigenvalue weighted by atomic mass is 10.0. The molecule has 1 aliphatic heterocycles. The van der Waals surface area contributed by atoms with Crippen LogP contribution in [0.1, 0.15) is 5.56 Å². The predicted octanol–water partition coefficient (Wildman–Crippen LogP) is 0.0363. The third-order valence-electron chi connectivity index (χ3n) is 2.47. The van der Waals surface area contributed by atoms with Gasteiger partial charge in [-0.3, -0.25) is 15.0 Å². The average Bonchev–Trinajstić information content (AvgIpc) is 2.36. The summed E-state index contributed by atoms with van der Waals surface area (Å²) in [4.78, 5) is 23.8. The van der Waals surface area contributed by atoms with Crippen molar-refractivity contribution in [2.45, 2.75) is 0 Å². The number of fused-ring (bicyclic) bond motifs is 1. The lowest BCUT2D eigenvalue weighted by Gasteiger charge is -2.25. The van der Waals surface area contributed by atoms with Crippen molar-refractivity contribution in [1.29, 1.82) is 0 Å². The van der Waals surface area contributed by atoms with E-state index in [1.54, 1.807) is 6.08 Å². The monoisotopic (exact) mass is 217 g/mol. The van der Waals surface area contributed by atoms with Gasteiger partial charge >= 0.3 is 0 Å². The number of carbonyl (C=O) groups is 2. The molecule has 1 heterocycles. The first-order valence-electron chi connectivity index (χ1n) is 4.78. The van der Waals surface area contributed by atoms with Gasteiger partial charge in [-0.15, -0.1) is 0 Å². The Kier molecular flexibility index (Phi) is 2.70. The van der Waals surface area contributed by atoms with Crippen molar-refractivity contribution in [1.82, 2.24) is 5.43 Å².